The van der Waals surface area contributed by atoms with Gasteiger partial charge in [0.25, 0.3) is 0 Å². The van der Waals surface area contributed by atoms with Crippen molar-refractivity contribution in [3.63, 3.8) is 0 Å². The summed E-state index contributed by atoms with van der Waals surface area (Å²) in [6.45, 7) is 2.12. The SMILES string of the molecule is C/C(=C\CCCC(=O)O)c1ccc2c(c1)CCCC2. The fourth-order valence-corrected chi connectivity index (χ4v) is 2.67. The van der Waals surface area contributed by atoms with Gasteiger partial charge in [0.15, 0.2) is 0 Å². The first-order valence-corrected chi connectivity index (χ1v) is 7.17. The van der Waals surface area contributed by atoms with E-state index in [4.69, 9.17) is 5.11 Å². The van der Waals surface area contributed by atoms with Gasteiger partial charge in [0.05, 0.1) is 0 Å². The second kappa shape index (κ2) is 6.55. The Labute approximate surface area is 115 Å². The lowest BCUT2D eigenvalue weighted by Crippen LogP contribution is -2.02. The van der Waals surface area contributed by atoms with Crippen molar-refractivity contribution in [1.29, 1.82) is 0 Å². The van der Waals surface area contributed by atoms with Crippen molar-refractivity contribution in [2.45, 2.75) is 51.9 Å². The average Bonchev–Trinajstić information content (AvgIpc) is 2.42. The van der Waals surface area contributed by atoms with Crippen LogP contribution in [0.5, 0.6) is 0 Å². The molecule has 0 aliphatic heterocycles. The molecule has 0 radical (unpaired) electrons. The van der Waals surface area contributed by atoms with Crippen molar-refractivity contribution >= 4 is 11.5 Å². The Balaban J connectivity index is 2.00. The Bertz CT molecular complexity index is 486. The number of allylic oxidation sites excluding steroid dienone is 2. The molecule has 2 nitrogen and oxygen atoms in total. The largest absolute Gasteiger partial charge is 0.481 e. The van der Waals surface area contributed by atoms with Gasteiger partial charge in [0.2, 0.25) is 0 Å². The smallest absolute Gasteiger partial charge is 0.303 e. The Morgan fingerprint density at radius 3 is 2.74 bits per heavy atom. The normalized spacial score (nSPS) is 15.1. The van der Waals surface area contributed by atoms with Crippen LogP contribution in [0.2, 0.25) is 0 Å². The Hall–Kier alpha value is -1.57. The van der Waals surface area contributed by atoms with Gasteiger partial charge in [-0.2, -0.15) is 0 Å². The molecule has 2 heteroatoms. The number of carboxylic acid groups (broad SMARTS) is 1. The fraction of sp³-hybridized carbons (Fsp3) is 0.471. The molecule has 0 heterocycles. The Morgan fingerprint density at radius 1 is 1.26 bits per heavy atom. The summed E-state index contributed by atoms with van der Waals surface area (Å²) in [7, 11) is 0. The van der Waals surface area contributed by atoms with Crippen molar-refractivity contribution in [2.24, 2.45) is 0 Å². The van der Waals surface area contributed by atoms with Gasteiger partial charge in [-0.05, 0) is 67.7 Å². The van der Waals surface area contributed by atoms with Gasteiger partial charge in [0.1, 0.15) is 0 Å². The molecule has 0 fully saturated rings. The van der Waals surface area contributed by atoms with E-state index >= 15 is 0 Å². The molecule has 1 N–H and O–H groups in total. The highest BCUT2D eigenvalue weighted by atomic mass is 16.4. The molecule has 0 atom stereocenters. The minimum atomic E-state index is -0.708. The summed E-state index contributed by atoms with van der Waals surface area (Å²) in [5.41, 5.74) is 5.56. The molecule has 19 heavy (non-hydrogen) atoms. The Kier molecular flexibility index (Phi) is 4.78. The topological polar surface area (TPSA) is 37.3 Å². The molecule has 1 aliphatic rings. The number of benzene rings is 1. The number of fused-ring (bicyclic) bond motifs is 1. The number of carbonyl (C=O) groups is 1. The highest BCUT2D eigenvalue weighted by Gasteiger charge is 2.09. The molecule has 0 saturated heterocycles. The van der Waals surface area contributed by atoms with E-state index in [-0.39, 0.29) is 6.42 Å². The standard InChI is InChI=1S/C17H22O2/c1-13(6-2-5-9-17(18)19)15-11-10-14-7-3-4-8-16(14)12-15/h6,10-12H,2-5,7-9H2,1H3,(H,18,19)/b13-6+. The summed E-state index contributed by atoms with van der Waals surface area (Å²) in [5.74, 6) is -0.708. The lowest BCUT2D eigenvalue weighted by molar-refractivity contribution is -0.137. The van der Waals surface area contributed by atoms with E-state index in [1.54, 1.807) is 0 Å². The minimum absolute atomic E-state index is 0.258. The molecule has 1 aliphatic carbocycles. The number of unbranched alkanes of at least 4 members (excludes halogenated alkanes) is 1. The molecule has 1 aromatic rings. The zero-order valence-electron chi connectivity index (χ0n) is 11.6. The van der Waals surface area contributed by atoms with Crippen LogP contribution in [0.25, 0.3) is 5.57 Å². The molecule has 0 aromatic heterocycles. The van der Waals surface area contributed by atoms with Gasteiger partial charge in [-0.15, -0.1) is 0 Å². The third-order valence-electron chi connectivity index (χ3n) is 3.85. The third kappa shape index (κ3) is 3.95. The summed E-state index contributed by atoms with van der Waals surface area (Å²) in [4.78, 5) is 10.5. The predicted octanol–water partition coefficient (Wildman–Crippen LogP) is 4.22. The molecular weight excluding hydrogens is 236 g/mol. The highest BCUT2D eigenvalue weighted by molar-refractivity contribution is 5.67. The first-order chi connectivity index (χ1) is 9.16. The van der Waals surface area contributed by atoms with E-state index in [0.717, 1.165) is 12.8 Å². The summed E-state index contributed by atoms with van der Waals surface area (Å²) in [5, 5.41) is 8.61. The monoisotopic (exact) mass is 258 g/mol. The average molecular weight is 258 g/mol. The number of hydrogen-bond acceptors (Lipinski definition) is 1. The number of carboxylic acids is 1. The van der Waals surface area contributed by atoms with Crippen LogP contribution >= 0.6 is 0 Å². The van der Waals surface area contributed by atoms with E-state index in [9.17, 15) is 4.79 Å². The summed E-state index contributed by atoms with van der Waals surface area (Å²) in [6.07, 6.45) is 9.02. The van der Waals surface area contributed by atoms with Crippen LogP contribution in [-0.4, -0.2) is 11.1 Å². The Morgan fingerprint density at radius 2 is 2.00 bits per heavy atom. The van der Waals surface area contributed by atoms with Crippen LogP contribution < -0.4 is 0 Å². The molecule has 2 rings (SSSR count). The van der Waals surface area contributed by atoms with Gasteiger partial charge < -0.3 is 5.11 Å². The van der Waals surface area contributed by atoms with Crippen molar-refractivity contribution in [2.75, 3.05) is 0 Å². The van der Waals surface area contributed by atoms with E-state index in [2.05, 4.69) is 31.2 Å². The maximum atomic E-state index is 10.5. The first kappa shape index (κ1) is 13.9. The molecule has 0 amide bonds. The zero-order chi connectivity index (χ0) is 13.7. The van der Waals surface area contributed by atoms with Crippen LogP contribution in [-0.2, 0) is 17.6 Å². The van der Waals surface area contributed by atoms with E-state index in [0.29, 0.717) is 0 Å². The van der Waals surface area contributed by atoms with Crippen LogP contribution in [0.3, 0.4) is 0 Å². The maximum Gasteiger partial charge on any atom is 0.303 e. The van der Waals surface area contributed by atoms with E-state index < -0.39 is 5.97 Å². The second-order valence-electron chi connectivity index (χ2n) is 5.36. The molecule has 0 saturated carbocycles. The molecular formula is C17H22O2. The number of rotatable bonds is 5. The highest BCUT2D eigenvalue weighted by Crippen LogP contribution is 2.25. The second-order valence-corrected chi connectivity index (χ2v) is 5.36. The van der Waals surface area contributed by atoms with Gasteiger partial charge in [-0.3, -0.25) is 4.79 Å². The lowest BCUT2D eigenvalue weighted by Gasteiger charge is -2.16. The van der Waals surface area contributed by atoms with Gasteiger partial charge in [-0.1, -0.05) is 24.3 Å². The third-order valence-corrected chi connectivity index (χ3v) is 3.85. The maximum absolute atomic E-state index is 10.5. The van der Waals surface area contributed by atoms with Crippen LogP contribution in [0, 0.1) is 0 Å². The fourth-order valence-electron chi connectivity index (χ4n) is 2.67. The molecule has 0 bridgehead atoms. The quantitative estimate of drug-likeness (QED) is 0.803. The van der Waals surface area contributed by atoms with Gasteiger partial charge >= 0.3 is 5.97 Å². The van der Waals surface area contributed by atoms with Crippen LogP contribution in [0.1, 0.15) is 55.7 Å². The van der Waals surface area contributed by atoms with Gasteiger partial charge in [-0.25, -0.2) is 0 Å². The first-order valence-electron chi connectivity index (χ1n) is 7.17. The molecule has 0 spiro atoms. The van der Waals surface area contributed by atoms with Crippen molar-refractivity contribution in [3.05, 3.63) is 41.0 Å². The molecule has 102 valence electrons. The number of aryl methyl sites for hydroxylation is 2. The van der Waals surface area contributed by atoms with Gasteiger partial charge in [0, 0.05) is 6.42 Å². The zero-order valence-corrected chi connectivity index (χ0v) is 11.6. The van der Waals surface area contributed by atoms with Crippen molar-refractivity contribution in [1.82, 2.24) is 0 Å². The van der Waals surface area contributed by atoms with Crippen LogP contribution in [0.15, 0.2) is 24.3 Å². The summed E-state index contributed by atoms with van der Waals surface area (Å²) >= 11 is 0. The summed E-state index contributed by atoms with van der Waals surface area (Å²) in [6, 6.07) is 6.78. The van der Waals surface area contributed by atoms with E-state index in [1.807, 2.05) is 0 Å². The van der Waals surface area contributed by atoms with Crippen molar-refractivity contribution < 1.29 is 9.90 Å². The van der Waals surface area contributed by atoms with E-state index in [1.165, 1.54) is 47.9 Å². The van der Waals surface area contributed by atoms with Crippen molar-refractivity contribution in [3.8, 4) is 0 Å². The number of hydrogen-bond donors (Lipinski definition) is 1. The number of aliphatic carboxylic acids is 1. The lowest BCUT2D eigenvalue weighted by atomic mass is 9.89. The molecule has 0 unspecified atom stereocenters. The summed E-state index contributed by atoms with van der Waals surface area (Å²) < 4.78 is 0. The molecule has 1 aromatic carbocycles. The van der Waals surface area contributed by atoms with Crippen LogP contribution in [0.4, 0.5) is 0 Å². The minimum Gasteiger partial charge on any atom is -0.481 e. The predicted molar refractivity (Wildman–Crippen MR) is 78.2 cm³/mol.